The summed E-state index contributed by atoms with van der Waals surface area (Å²) < 4.78 is 12.5. The van der Waals surface area contributed by atoms with E-state index in [0.29, 0.717) is 6.42 Å². The molecule has 1 rings (SSSR count). The van der Waals surface area contributed by atoms with E-state index in [1.165, 1.54) is 12.1 Å². The second-order valence-corrected chi connectivity index (χ2v) is 2.85. The van der Waals surface area contributed by atoms with Crippen molar-refractivity contribution in [3.63, 3.8) is 0 Å². The van der Waals surface area contributed by atoms with Gasteiger partial charge in [-0.15, -0.1) is 0 Å². The molecule has 0 radical (unpaired) electrons. The van der Waals surface area contributed by atoms with Crippen molar-refractivity contribution >= 4 is 6.29 Å². The third-order valence-electron chi connectivity index (χ3n) is 1.89. The Balaban J connectivity index is 2.74. The maximum Gasteiger partial charge on any atom is 0.123 e. The molecular weight excluding hydrogens is 155 g/mol. The molecule has 1 aromatic carbocycles. The fourth-order valence-corrected chi connectivity index (χ4v) is 1.07. The van der Waals surface area contributed by atoms with Gasteiger partial charge in [-0.05, 0) is 23.6 Å². The van der Waals surface area contributed by atoms with Gasteiger partial charge < -0.3 is 4.79 Å². The highest BCUT2D eigenvalue weighted by atomic mass is 19.1. The molecule has 0 aliphatic heterocycles. The first-order valence-corrected chi connectivity index (χ1v) is 3.93. The van der Waals surface area contributed by atoms with Crippen LogP contribution in [0.1, 0.15) is 24.8 Å². The number of aldehydes is 1. The fraction of sp³-hybridized carbons (Fsp3) is 0.300. The molecule has 2 heteroatoms. The lowest BCUT2D eigenvalue weighted by molar-refractivity contribution is -0.108. The van der Waals surface area contributed by atoms with Gasteiger partial charge >= 0.3 is 0 Å². The average Bonchev–Trinajstić information content (AvgIpc) is 2.06. The van der Waals surface area contributed by atoms with Gasteiger partial charge in [0.15, 0.2) is 0 Å². The SMILES string of the molecule is C[C@@H](CC=O)c1ccc(F)cc1. The Hall–Kier alpha value is -1.18. The molecule has 1 atom stereocenters. The standard InChI is InChI=1S/C10H11FO/c1-8(6-7-12)9-2-4-10(11)5-3-9/h2-5,7-8H,6H2,1H3/t8-/m0/s1. The Morgan fingerprint density at radius 2 is 2.00 bits per heavy atom. The number of benzene rings is 1. The van der Waals surface area contributed by atoms with Gasteiger partial charge in [-0.25, -0.2) is 4.39 Å². The van der Waals surface area contributed by atoms with E-state index >= 15 is 0 Å². The first-order chi connectivity index (χ1) is 5.74. The van der Waals surface area contributed by atoms with Crippen LogP contribution in [-0.4, -0.2) is 6.29 Å². The van der Waals surface area contributed by atoms with E-state index in [2.05, 4.69) is 0 Å². The second-order valence-electron chi connectivity index (χ2n) is 2.85. The van der Waals surface area contributed by atoms with E-state index in [1.54, 1.807) is 12.1 Å². The molecule has 0 fully saturated rings. The zero-order valence-electron chi connectivity index (χ0n) is 6.96. The molecule has 12 heavy (non-hydrogen) atoms. The van der Waals surface area contributed by atoms with Crippen molar-refractivity contribution in [1.82, 2.24) is 0 Å². The van der Waals surface area contributed by atoms with Crippen molar-refractivity contribution in [3.05, 3.63) is 35.6 Å². The van der Waals surface area contributed by atoms with Crippen molar-refractivity contribution in [2.24, 2.45) is 0 Å². The van der Waals surface area contributed by atoms with E-state index in [-0.39, 0.29) is 11.7 Å². The number of hydrogen-bond donors (Lipinski definition) is 0. The van der Waals surface area contributed by atoms with Gasteiger partial charge in [-0.1, -0.05) is 19.1 Å². The first-order valence-electron chi connectivity index (χ1n) is 3.93. The summed E-state index contributed by atoms with van der Waals surface area (Å²) in [6, 6.07) is 6.25. The monoisotopic (exact) mass is 166 g/mol. The summed E-state index contributed by atoms with van der Waals surface area (Å²) in [5.74, 6) is -0.0554. The van der Waals surface area contributed by atoms with Crippen LogP contribution < -0.4 is 0 Å². The molecule has 0 amide bonds. The molecule has 0 bridgehead atoms. The molecular formula is C10H11FO. The van der Waals surface area contributed by atoms with Gasteiger partial charge in [-0.2, -0.15) is 0 Å². The highest BCUT2D eigenvalue weighted by molar-refractivity contribution is 5.51. The van der Waals surface area contributed by atoms with Crippen LogP contribution in [0.15, 0.2) is 24.3 Å². The van der Waals surface area contributed by atoms with Gasteiger partial charge in [-0.3, -0.25) is 0 Å². The molecule has 0 unspecified atom stereocenters. The quantitative estimate of drug-likeness (QED) is 0.630. The molecule has 1 nitrogen and oxygen atoms in total. The van der Waals surface area contributed by atoms with Crippen molar-refractivity contribution in [2.45, 2.75) is 19.3 Å². The average molecular weight is 166 g/mol. The molecule has 0 aromatic heterocycles. The van der Waals surface area contributed by atoms with Gasteiger partial charge in [0.25, 0.3) is 0 Å². The minimum absolute atomic E-state index is 0.183. The molecule has 64 valence electrons. The van der Waals surface area contributed by atoms with Crippen molar-refractivity contribution in [2.75, 3.05) is 0 Å². The maximum absolute atomic E-state index is 12.5. The van der Waals surface area contributed by atoms with Crippen LogP contribution in [0, 0.1) is 5.82 Å². The lowest BCUT2D eigenvalue weighted by Crippen LogP contribution is -1.93. The summed E-state index contributed by atoms with van der Waals surface area (Å²) in [6.07, 6.45) is 1.37. The Labute approximate surface area is 71.2 Å². The zero-order chi connectivity index (χ0) is 8.97. The molecule has 1 aromatic rings. The Morgan fingerprint density at radius 3 is 2.50 bits per heavy atom. The Morgan fingerprint density at radius 1 is 1.42 bits per heavy atom. The number of hydrogen-bond acceptors (Lipinski definition) is 1. The van der Waals surface area contributed by atoms with Crippen LogP contribution in [0.3, 0.4) is 0 Å². The van der Waals surface area contributed by atoms with E-state index in [1.807, 2.05) is 6.92 Å². The van der Waals surface area contributed by atoms with Crippen molar-refractivity contribution < 1.29 is 9.18 Å². The van der Waals surface area contributed by atoms with Crippen molar-refractivity contribution in [1.29, 1.82) is 0 Å². The minimum atomic E-state index is -0.239. The summed E-state index contributed by atoms with van der Waals surface area (Å²) in [6.45, 7) is 1.95. The third-order valence-corrected chi connectivity index (χ3v) is 1.89. The van der Waals surface area contributed by atoms with E-state index in [4.69, 9.17) is 0 Å². The maximum atomic E-state index is 12.5. The summed E-state index contributed by atoms with van der Waals surface area (Å²) in [5.41, 5.74) is 1.00. The van der Waals surface area contributed by atoms with E-state index in [0.717, 1.165) is 11.8 Å². The number of carbonyl (C=O) groups excluding carboxylic acids is 1. The highest BCUT2D eigenvalue weighted by Gasteiger charge is 2.03. The summed E-state index contributed by atoms with van der Waals surface area (Å²) >= 11 is 0. The summed E-state index contributed by atoms with van der Waals surface area (Å²) in [7, 11) is 0. The largest absolute Gasteiger partial charge is 0.303 e. The minimum Gasteiger partial charge on any atom is -0.303 e. The van der Waals surface area contributed by atoms with Crippen LogP contribution >= 0.6 is 0 Å². The van der Waals surface area contributed by atoms with Gasteiger partial charge in [0, 0.05) is 6.42 Å². The third kappa shape index (κ3) is 2.16. The number of rotatable bonds is 3. The van der Waals surface area contributed by atoms with Gasteiger partial charge in [0.2, 0.25) is 0 Å². The molecule has 0 aliphatic carbocycles. The Kier molecular flexibility index (Phi) is 2.97. The predicted octanol–water partition coefficient (Wildman–Crippen LogP) is 2.52. The second kappa shape index (κ2) is 4.00. The zero-order valence-corrected chi connectivity index (χ0v) is 6.96. The summed E-state index contributed by atoms with van der Waals surface area (Å²) in [4.78, 5) is 10.2. The first kappa shape index (κ1) is 8.91. The number of halogens is 1. The highest BCUT2D eigenvalue weighted by Crippen LogP contribution is 2.17. The summed E-state index contributed by atoms with van der Waals surface area (Å²) in [5, 5.41) is 0. The van der Waals surface area contributed by atoms with Crippen LogP contribution in [0.5, 0.6) is 0 Å². The topological polar surface area (TPSA) is 17.1 Å². The lowest BCUT2D eigenvalue weighted by atomic mass is 9.99. The molecule has 0 aliphatic rings. The van der Waals surface area contributed by atoms with Crippen LogP contribution in [0.25, 0.3) is 0 Å². The van der Waals surface area contributed by atoms with Crippen LogP contribution in [0.2, 0.25) is 0 Å². The molecule has 0 saturated heterocycles. The van der Waals surface area contributed by atoms with E-state index in [9.17, 15) is 9.18 Å². The van der Waals surface area contributed by atoms with Gasteiger partial charge in [0.1, 0.15) is 12.1 Å². The fourth-order valence-electron chi connectivity index (χ4n) is 1.07. The molecule has 0 N–H and O–H groups in total. The number of carbonyl (C=O) groups is 1. The normalized spacial score (nSPS) is 12.5. The van der Waals surface area contributed by atoms with Gasteiger partial charge in [0.05, 0.1) is 0 Å². The van der Waals surface area contributed by atoms with Crippen LogP contribution in [-0.2, 0) is 4.79 Å². The smallest absolute Gasteiger partial charge is 0.123 e. The lowest BCUT2D eigenvalue weighted by Gasteiger charge is -2.06. The van der Waals surface area contributed by atoms with E-state index < -0.39 is 0 Å². The molecule has 0 heterocycles. The predicted molar refractivity (Wildman–Crippen MR) is 45.5 cm³/mol. The molecule has 0 saturated carbocycles. The van der Waals surface area contributed by atoms with Crippen molar-refractivity contribution in [3.8, 4) is 0 Å². The van der Waals surface area contributed by atoms with Crippen LogP contribution in [0.4, 0.5) is 4.39 Å². The Bertz CT molecular complexity index is 253. The molecule has 0 spiro atoms.